The predicted octanol–water partition coefficient (Wildman–Crippen LogP) is 1.42. The maximum absolute atomic E-state index is 5.44. The highest BCUT2D eigenvalue weighted by Crippen LogP contribution is 2.24. The zero-order valence-electron chi connectivity index (χ0n) is 12.2. The van der Waals surface area contributed by atoms with Gasteiger partial charge >= 0.3 is 0 Å². The van der Waals surface area contributed by atoms with Gasteiger partial charge in [0.2, 0.25) is 0 Å². The van der Waals surface area contributed by atoms with E-state index in [1.165, 1.54) is 12.1 Å². The number of anilines is 2. The van der Waals surface area contributed by atoms with Gasteiger partial charge in [-0.3, -0.25) is 9.88 Å². The SMILES string of the molecule is CCNc1cncc(N2CCC(N3CCOCC3)C2)c1. The highest BCUT2D eigenvalue weighted by atomic mass is 16.5. The average molecular weight is 276 g/mol. The van der Waals surface area contributed by atoms with Gasteiger partial charge < -0.3 is 15.0 Å². The summed E-state index contributed by atoms with van der Waals surface area (Å²) in [6.45, 7) is 9.19. The molecule has 110 valence electrons. The number of morpholine rings is 1. The summed E-state index contributed by atoms with van der Waals surface area (Å²) in [6.07, 6.45) is 5.11. The number of nitrogens with zero attached hydrogens (tertiary/aromatic N) is 3. The van der Waals surface area contributed by atoms with Crippen LogP contribution < -0.4 is 10.2 Å². The van der Waals surface area contributed by atoms with Gasteiger partial charge in [-0.25, -0.2) is 0 Å². The third-order valence-electron chi connectivity index (χ3n) is 4.20. The maximum Gasteiger partial charge on any atom is 0.0594 e. The summed E-state index contributed by atoms with van der Waals surface area (Å²) < 4.78 is 5.44. The molecule has 2 aliphatic heterocycles. The molecule has 2 fully saturated rings. The van der Waals surface area contributed by atoms with Gasteiger partial charge in [-0.1, -0.05) is 0 Å². The molecule has 1 aromatic rings. The van der Waals surface area contributed by atoms with Gasteiger partial charge in [0.15, 0.2) is 0 Å². The molecule has 5 heteroatoms. The van der Waals surface area contributed by atoms with Crippen molar-refractivity contribution >= 4 is 11.4 Å². The number of ether oxygens (including phenoxy) is 1. The Kier molecular flexibility index (Phi) is 4.38. The first kappa shape index (κ1) is 13.6. The van der Waals surface area contributed by atoms with Gasteiger partial charge in [0.1, 0.15) is 0 Å². The van der Waals surface area contributed by atoms with Gasteiger partial charge in [-0.2, -0.15) is 0 Å². The van der Waals surface area contributed by atoms with Crippen LogP contribution >= 0.6 is 0 Å². The molecule has 0 aromatic carbocycles. The number of rotatable bonds is 4. The predicted molar refractivity (Wildman–Crippen MR) is 81.4 cm³/mol. The topological polar surface area (TPSA) is 40.6 Å². The van der Waals surface area contributed by atoms with Crippen molar-refractivity contribution in [2.24, 2.45) is 0 Å². The minimum Gasteiger partial charge on any atom is -0.384 e. The van der Waals surface area contributed by atoms with E-state index in [-0.39, 0.29) is 0 Å². The first-order valence-corrected chi connectivity index (χ1v) is 7.62. The van der Waals surface area contributed by atoms with Crippen molar-refractivity contribution < 1.29 is 4.74 Å². The second-order valence-corrected chi connectivity index (χ2v) is 5.50. The van der Waals surface area contributed by atoms with Crippen molar-refractivity contribution in [2.45, 2.75) is 19.4 Å². The van der Waals surface area contributed by atoms with Crippen LogP contribution in [-0.2, 0) is 4.74 Å². The average Bonchev–Trinajstić information content (AvgIpc) is 2.99. The molecule has 3 rings (SSSR count). The lowest BCUT2D eigenvalue weighted by atomic mass is 10.2. The van der Waals surface area contributed by atoms with Crippen LogP contribution in [-0.4, -0.2) is 61.9 Å². The van der Waals surface area contributed by atoms with E-state index in [4.69, 9.17) is 4.74 Å². The van der Waals surface area contributed by atoms with Crippen LogP contribution in [0.15, 0.2) is 18.5 Å². The molecule has 2 aliphatic rings. The van der Waals surface area contributed by atoms with Crippen LogP contribution in [0.2, 0.25) is 0 Å². The zero-order chi connectivity index (χ0) is 13.8. The Morgan fingerprint density at radius 1 is 1.30 bits per heavy atom. The molecule has 0 radical (unpaired) electrons. The van der Waals surface area contributed by atoms with Crippen molar-refractivity contribution in [2.75, 3.05) is 56.2 Å². The molecule has 1 aromatic heterocycles. The van der Waals surface area contributed by atoms with E-state index in [2.05, 4.69) is 33.1 Å². The molecule has 0 saturated carbocycles. The van der Waals surface area contributed by atoms with Crippen LogP contribution in [0.4, 0.5) is 11.4 Å². The first-order chi connectivity index (χ1) is 9.86. The van der Waals surface area contributed by atoms with E-state index < -0.39 is 0 Å². The molecule has 1 atom stereocenters. The third-order valence-corrected chi connectivity index (χ3v) is 4.20. The van der Waals surface area contributed by atoms with Crippen LogP contribution in [0, 0.1) is 0 Å². The van der Waals surface area contributed by atoms with Crippen molar-refractivity contribution in [1.82, 2.24) is 9.88 Å². The smallest absolute Gasteiger partial charge is 0.0594 e. The lowest BCUT2D eigenvalue weighted by Crippen LogP contribution is -2.44. The molecule has 20 heavy (non-hydrogen) atoms. The molecule has 0 spiro atoms. The normalized spacial score (nSPS) is 24.1. The van der Waals surface area contributed by atoms with Crippen molar-refractivity contribution in [1.29, 1.82) is 0 Å². The standard InChI is InChI=1S/C15H24N4O/c1-2-17-13-9-15(11-16-10-13)19-4-3-14(12-19)18-5-7-20-8-6-18/h9-11,14,17H,2-8,12H2,1H3. The van der Waals surface area contributed by atoms with Crippen molar-refractivity contribution in [3.8, 4) is 0 Å². The molecule has 2 saturated heterocycles. The fourth-order valence-electron chi connectivity index (χ4n) is 3.12. The lowest BCUT2D eigenvalue weighted by molar-refractivity contribution is 0.0209. The minimum absolute atomic E-state index is 0.668. The number of hydrogen-bond donors (Lipinski definition) is 1. The summed E-state index contributed by atoms with van der Waals surface area (Å²) in [6, 6.07) is 2.87. The number of pyridine rings is 1. The lowest BCUT2D eigenvalue weighted by Gasteiger charge is -2.32. The number of aromatic nitrogens is 1. The van der Waals surface area contributed by atoms with Gasteiger partial charge in [0, 0.05) is 38.8 Å². The second kappa shape index (κ2) is 6.41. The van der Waals surface area contributed by atoms with Crippen LogP contribution in [0.1, 0.15) is 13.3 Å². The quantitative estimate of drug-likeness (QED) is 0.901. The molecule has 5 nitrogen and oxygen atoms in total. The first-order valence-electron chi connectivity index (χ1n) is 7.62. The molecule has 0 aliphatic carbocycles. The fraction of sp³-hybridized carbons (Fsp3) is 0.667. The molecule has 0 amide bonds. The monoisotopic (exact) mass is 276 g/mol. The van der Waals surface area contributed by atoms with Crippen LogP contribution in [0.3, 0.4) is 0 Å². The minimum atomic E-state index is 0.668. The van der Waals surface area contributed by atoms with Gasteiger partial charge in [0.05, 0.1) is 37.0 Å². The molecule has 1 unspecified atom stereocenters. The van der Waals surface area contributed by atoms with E-state index in [9.17, 15) is 0 Å². The highest BCUT2D eigenvalue weighted by Gasteiger charge is 2.28. The third kappa shape index (κ3) is 3.04. The fourth-order valence-corrected chi connectivity index (χ4v) is 3.12. The number of hydrogen-bond acceptors (Lipinski definition) is 5. The Morgan fingerprint density at radius 2 is 2.15 bits per heavy atom. The van der Waals surface area contributed by atoms with E-state index in [0.29, 0.717) is 6.04 Å². The number of nitrogens with one attached hydrogen (secondary N) is 1. The molecule has 3 heterocycles. The largest absolute Gasteiger partial charge is 0.384 e. The van der Waals surface area contributed by atoms with E-state index >= 15 is 0 Å². The van der Waals surface area contributed by atoms with Crippen molar-refractivity contribution in [3.05, 3.63) is 18.5 Å². The Hall–Kier alpha value is -1.33. The summed E-state index contributed by atoms with van der Waals surface area (Å²) in [5.74, 6) is 0. The Morgan fingerprint density at radius 3 is 2.95 bits per heavy atom. The summed E-state index contributed by atoms with van der Waals surface area (Å²) in [7, 11) is 0. The highest BCUT2D eigenvalue weighted by molar-refractivity contribution is 5.56. The van der Waals surface area contributed by atoms with Gasteiger partial charge in [0.25, 0.3) is 0 Å². The van der Waals surface area contributed by atoms with E-state index in [0.717, 1.165) is 51.6 Å². The Bertz CT molecular complexity index is 434. The molecular formula is C15H24N4O. The summed E-state index contributed by atoms with van der Waals surface area (Å²) in [5.41, 5.74) is 2.35. The van der Waals surface area contributed by atoms with E-state index in [1.54, 1.807) is 0 Å². The van der Waals surface area contributed by atoms with Crippen molar-refractivity contribution in [3.63, 3.8) is 0 Å². The second-order valence-electron chi connectivity index (χ2n) is 5.50. The summed E-state index contributed by atoms with van der Waals surface area (Å²) in [4.78, 5) is 9.37. The summed E-state index contributed by atoms with van der Waals surface area (Å²) in [5, 5.41) is 3.33. The molecule has 0 bridgehead atoms. The maximum atomic E-state index is 5.44. The Labute approximate surface area is 120 Å². The summed E-state index contributed by atoms with van der Waals surface area (Å²) >= 11 is 0. The molecular weight excluding hydrogens is 252 g/mol. The van der Waals surface area contributed by atoms with E-state index in [1.807, 2.05) is 12.4 Å². The van der Waals surface area contributed by atoms with Crippen LogP contribution in [0.25, 0.3) is 0 Å². The van der Waals surface area contributed by atoms with Gasteiger partial charge in [-0.15, -0.1) is 0 Å². The van der Waals surface area contributed by atoms with Crippen LogP contribution in [0.5, 0.6) is 0 Å². The van der Waals surface area contributed by atoms with Gasteiger partial charge in [-0.05, 0) is 19.4 Å². The molecule has 1 N–H and O–H groups in total. The Balaban J connectivity index is 1.62. The zero-order valence-corrected chi connectivity index (χ0v) is 12.2.